The van der Waals surface area contributed by atoms with E-state index in [9.17, 15) is 10.1 Å². The van der Waals surface area contributed by atoms with Crippen molar-refractivity contribution < 1.29 is 9.66 Å². The summed E-state index contributed by atoms with van der Waals surface area (Å²) in [6.45, 7) is 10.5. The van der Waals surface area contributed by atoms with Crippen molar-refractivity contribution in [2.45, 2.75) is 63.6 Å². The van der Waals surface area contributed by atoms with Gasteiger partial charge in [-0.25, -0.2) is 0 Å². The SMILES string of the molecule is CC(C)c1ccccc1OC(C)c1nnc(SCc2ccc([N+](=O)[O-])cc2)n1C(C)C. The van der Waals surface area contributed by atoms with Gasteiger partial charge in [0.25, 0.3) is 5.69 Å². The van der Waals surface area contributed by atoms with E-state index in [1.54, 1.807) is 23.9 Å². The van der Waals surface area contributed by atoms with Crippen LogP contribution in [0.3, 0.4) is 0 Å². The molecule has 8 heteroatoms. The maximum atomic E-state index is 10.8. The Labute approximate surface area is 187 Å². The molecule has 3 aromatic rings. The van der Waals surface area contributed by atoms with Gasteiger partial charge in [-0.15, -0.1) is 10.2 Å². The highest BCUT2D eigenvalue weighted by Crippen LogP contribution is 2.32. The predicted molar refractivity (Wildman–Crippen MR) is 123 cm³/mol. The summed E-state index contributed by atoms with van der Waals surface area (Å²) in [4.78, 5) is 10.4. The minimum atomic E-state index is -0.391. The summed E-state index contributed by atoms with van der Waals surface area (Å²) in [6, 6.07) is 14.8. The van der Waals surface area contributed by atoms with Crippen LogP contribution in [0.5, 0.6) is 5.75 Å². The van der Waals surface area contributed by atoms with Crippen LogP contribution in [0.2, 0.25) is 0 Å². The van der Waals surface area contributed by atoms with Crippen LogP contribution in [-0.4, -0.2) is 19.7 Å². The summed E-state index contributed by atoms with van der Waals surface area (Å²) in [5, 5.41) is 20.5. The monoisotopic (exact) mass is 440 g/mol. The zero-order chi connectivity index (χ0) is 22.5. The fourth-order valence-electron chi connectivity index (χ4n) is 3.32. The second kappa shape index (κ2) is 9.96. The molecule has 3 rings (SSSR count). The third-order valence-electron chi connectivity index (χ3n) is 4.93. The third kappa shape index (κ3) is 5.44. The van der Waals surface area contributed by atoms with Crippen LogP contribution in [0.4, 0.5) is 5.69 Å². The summed E-state index contributed by atoms with van der Waals surface area (Å²) in [5.74, 6) is 2.65. The first-order valence-electron chi connectivity index (χ1n) is 10.3. The van der Waals surface area contributed by atoms with Crippen LogP contribution in [0, 0.1) is 10.1 Å². The van der Waals surface area contributed by atoms with Crippen molar-refractivity contribution in [1.82, 2.24) is 14.8 Å². The van der Waals surface area contributed by atoms with E-state index in [4.69, 9.17) is 4.74 Å². The lowest BCUT2D eigenvalue weighted by Crippen LogP contribution is -2.15. The van der Waals surface area contributed by atoms with E-state index in [-0.39, 0.29) is 17.8 Å². The first-order valence-corrected chi connectivity index (χ1v) is 11.3. The van der Waals surface area contributed by atoms with E-state index >= 15 is 0 Å². The molecule has 0 saturated heterocycles. The lowest BCUT2D eigenvalue weighted by atomic mass is 10.0. The number of thioether (sulfide) groups is 1. The van der Waals surface area contributed by atoms with Crippen LogP contribution in [0.15, 0.2) is 53.7 Å². The number of non-ortho nitro benzene ring substituents is 1. The Bertz CT molecular complexity index is 1030. The number of aromatic nitrogens is 3. The lowest BCUT2D eigenvalue weighted by molar-refractivity contribution is -0.384. The third-order valence-corrected chi connectivity index (χ3v) is 5.94. The minimum Gasteiger partial charge on any atom is -0.482 e. The first-order chi connectivity index (χ1) is 14.8. The van der Waals surface area contributed by atoms with E-state index in [1.165, 1.54) is 12.1 Å². The summed E-state index contributed by atoms with van der Waals surface area (Å²) in [5.41, 5.74) is 2.25. The van der Waals surface area contributed by atoms with E-state index in [1.807, 2.05) is 25.1 Å². The average Bonchev–Trinajstić information content (AvgIpc) is 3.17. The summed E-state index contributed by atoms with van der Waals surface area (Å²) in [7, 11) is 0. The summed E-state index contributed by atoms with van der Waals surface area (Å²) in [6.07, 6.45) is -0.261. The molecule has 1 aromatic heterocycles. The maximum Gasteiger partial charge on any atom is 0.269 e. The molecule has 0 spiro atoms. The number of rotatable bonds is 9. The highest BCUT2D eigenvalue weighted by Gasteiger charge is 2.22. The quantitative estimate of drug-likeness (QED) is 0.220. The number of ether oxygens (including phenoxy) is 1. The lowest BCUT2D eigenvalue weighted by Gasteiger charge is -2.21. The zero-order valence-electron chi connectivity index (χ0n) is 18.5. The van der Waals surface area contributed by atoms with Gasteiger partial charge in [0, 0.05) is 23.9 Å². The molecule has 0 fully saturated rings. The van der Waals surface area contributed by atoms with Crippen molar-refractivity contribution in [1.29, 1.82) is 0 Å². The molecule has 1 unspecified atom stereocenters. The van der Waals surface area contributed by atoms with Crippen LogP contribution >= 0.6 is 11.8 Å². The van der Waals surface area contributed by atoms with Gasteiger partial charge >= 0.3 is 0 Å². The highest BCUT2D eigenvalue weighted by molar-refractivity contribution is 7.98. The van der Waals surface area contributed by atoms with Crippen molar-refractivity contribution in [3.8, 4) is 5.75 Å². The molecule has 1 heterocycles. The first kappa shape index (κ1) is 22.8. The topological polar surface area (TPSA) is 83.1 Å². The number of benzene rings is 2. The van der Waals surface area contributed by atoms with Gasteiger partial charge in [0.1, 0.15) is 5.75 Å². The maximum absolute atomic E-state index is 10.8. The Kier molecular flexibility index (Phi) is 7.33. The van der Waals surface area contributed by atoms with Crippen LogP contribution in [0.1, 0.15) is 69.6 Å². The molecule has 0 radical (unpaired) electrons. The molecule has 164 valence electrons. The van der Waals surface area contributed by atoms with Gasteiger partial charge in [0.2, 0.25) is 0 Å². The number of nitro benzene ring substituents is 1. The van der Waals surface area contributed by atoms with Crippen molar-refractivity contribution in [3.05, 3.63) is 75.6 Å². The van der Waals surface area contributed by atoms with Gasteiger partial charge in [-0.2, -0.15) is 0 Å². The van der Waals surface area contributed by atoms with Gasteiger partial charge in [-0.05, 0) is 43.9 Å². The minimum absolute atomic E-state index is 0.0917. The Balaban J connectivity index is 1.78. The van der Waals surface area contributed by atoms with Crippen LogP contribution in [0.25, 0.3) is 0 Å². The van der Waals surface area contributed by atoms with Crippen molar-refractivity contribution in [2.75, 3.05) is 0 Å². The molecule has 7 nitrogen and oxygen atoms in total. The molecular weight excluding hydrogens is 412 g/mol. The van der Waals surface area contributed by atoms with Crippen molar-refractivity contribution >= 4 is 17.4 Å². The van der Waals surface area contributed by atoms with E-state index in [0.717, 1.165) is 27.9 Å². The Morgan fingerprint density at radius 2 is 1.71 bits per heavy atom. The molecule has 0 aliphatic heterocycles. The van der Waals surface area contributed by atoms with Crippen molar-refractivity contribution in [3.63, 3.8) is 0 Å². The largest absolute Gasteiger partial charge is 0.482 e. The molecule has 0 saturated carbocycles. The summed E-state index contributed by atoms with van der Waals surface area (Å²) >= 11 is 1.56. The van der Waals surface area contributed by atoms with Gasteiger partial charge in [0.15, 0.2) is 17.1 Å². The standard InChI is InChI=1S/C23H28N4O3S/c1-15(2)20-8-6-7-9-21(20)30-17(5)22-24-25-23(26(22)16(3)4)31-14-18-10-12-19(13-11-18)27(28)29/h6-13,15-17H,14H2,1-5H3. The van der Waals surface area contributed by atoms with Crippen LogP contribution < -0.4 is 4.74 Å². The van der Waals surface area contributed by atoms with Crippen LogP contribution in [-0.2, 0) is 5.75 Å². The number of para-hydroxylation sites is 1. The molecular formula is C23H28N4O3S. The molecule has 0 N–H and O–H groups in total. The van der Waals surface area contributed by atoms with Crippen molar-refractivity contribution in [2.24, 2.45) is 0 Å². The molecule has 1 atom stereocenters. The second-order valence-corrected chi connectivity index (χ2v) is 8.91. The van der Waals surface area contributed by atoms with Gasteiger partial charge in [-0.1, -0.05) is 55.9 Å². The molecule has 0 bridgehead atoms. The second-order valence-electron chi connectivity index (χ2n) is 7.97. The van der Waals surface area contributed by atoms with E-state index < -0.39 is 4.92 Å². The Hall–Kier alpha value is -2.87. The Morgan fingerprint density at radius 3 is 2.32 bits per heavy atom. The number of nitro groups is 1. The predicted octanol–water partition coefficient (Wildman–Crippen LogP) is 6.32. The zero-order valence-corrected chi connectivity index (χ0v) is 19.3. The number of nitrogens with zero attached hydrogens (tertiary/aromatic N) is 4. The average molecular weight is 441 g/mol. The highest BCUT2D eigenvalue weighted by atomic mass is 32.2. The van der Waals surface area contributed by atoms with E-state index in [0.29, 0.717) is 11.7 Å². The fourth-order valence-corrected chi connectivity index (χ4v) is 4.35. The molecule has 31 heavy (non-hydrogen) atoms. The van der Waals surface area contributed by atoms with E-state index in [2.05, 4.69) is 48.5 Å². The summed E-state index contributed by atoms with van der Waals surface area (Å²) < 4.78 is 8.39. The fraction of sp³-hybridized carbons (Fsp3) is 0.391. The number of hydrogen-bond acceptors (Lipinski definition) is 6. The van der Waals surface area contributed by atoms with Gasteiger partial charge < -0.3 is 9.30 Å². The van der Waals surface area contributed by atoms with Gasteiger partial charge in [0.05, 0.1) is 4.92 Å². The molecule has 0 aliphatic rings. The Morgan fingerprint density at radius 1 is 1.03 bits per heavy atom. The molecule has 0 aliphatic carbocycles. The molecule has 0 amide bonds. The van der Waals surface area contributed by atoms with Gasteiger partial charge in [-0.3, -0.25) is 10.1 Å². The smallest absolute Gasteiger partial charge is 0.269 e. The number of hydrogen-bond donors (Lipinski definition) is 0. The normalized spacial score (nSPS) is 12.4. The molecule has 2 aromatic carbocycles.